The molecule has 0 bridgehead atoms. The molecule has 0 heterocycles. The van der Waals surface area contributed by atoms with Gasteiger partial charge in [-0.15, -0.1) is 11.6 Å². The number of benzene rings is 2. The Morgan fingerprint density at radius 3 is 2.60 bits per heavy atom. The van der Waals surface area contributed by atoms with E-state index in [9.17, 15) is 10.1 Å². The van der Waals surface area contributed by atoms with Crippen molar-refractivity contribution in [3.8, 4) is 0 Å². The van der Waals surface area contributed by atoms with Gasteiger partial charge in [0.15, 0.2) is 0 Å². The average Bonchev–Trinajstić information content (AvgIpc) is 2.37. The maximum atomic E-state index is 11.0. The highest BCUT2D eigenvalue weighted by Gasteiger charge is 2.17. The number of halogens is 3. The fraction of sp³-hybridized carbons (Fsp3) is 0.143. The van der Waals surface area contributed by atoms with Crippen molar-refractivity contribution in [3.05, 3.63) is 73.2 Å². The number of nitro benzene ring substituents is 1. The third-order valence-corrected chi connectivity index (χ3v) is 3.92. The summed E-state index contributed by atoms with van der Waals surface area (Å²) in [7, 11) is 0. The van der Waals surface area contributed by atoms with E-state index in [0.717, 1.165) is 10.0 Å². The molecule has 0 fully saturated rings. The third kappa shape index (κ3) is 3.72. The van der Waals surface area contributed by atoms with Gasteiger partial charge in [-0.1, -0.05) is 45.7 Å². The Morgan fingerprint density at radius 2 is 1.95 bits per heavy atom. The summed E-state index contributed by atoms with van der Waals surface area (Å²) in [4.78, 5) is 10.6. The topological polar surface area (TPSA) is 43.1 Å². The Hall–Kier alpha value is -1.10. The van der Waals surface area contributed by atoms with Crippen LogP contribution in [0.15, 0.2) is 46.9 Å². The Kier molecular flexibility index (Phi) is 5.02. The standard InChI is InChI=1S/C14H10BrCl2NO2/c15-11-5-10(6-12(16)8-11)13(17)7-9-3-1-2-4-14(9)18(19)20/h1-6,8,13H,7H2. The maximum Gasteiger partial charge on any atom is 0.272 e. The molecule has 2 rings (SSSR count). The molecule has 0 spiro atoms. The smallest absolute Gasteiger partial charge is 0.258 e. The van der Waals surface area contributed by atoms with E-state index in [0.29, 0.717) is 17.0 Å². The average molecular weight is 375 g/mol. The van der Waals surface area contributed by atoms with Crippen LogP contribution in [0.25, 0.3) is 0 Å². The molecule has 1 unspecified atom stereocenters. The van der Waals surface area contributed by atoms with Crippen LogP contribution < -0.4 is 0 Å². The normalized spacial score (nSPS) is 12.2. The van der Waals surface area contributed by atoms with E-state index >= 15 is 0 Å². The third-order valence-electron chi connectivity index (χ3n) is 2.83. The molecule has 104 valence electrons. The largest absolute Gasteiger partial charge is 0.272 e. The quantitative estimate of drug-likeness (QED) is 0.401. The Morgan fingerprint density at radius 1 is 1.25 bits per heavy atom. The van der Waals surface area contributed by atoms with Gasteiger partial charge in [0, 0.05) is 21.1 Å². The van der Waals surface area contributed by atoms with Crippen molar-refractivity contribution in [1.29, 1.82) is 0 Å². The number of hydrogen-bond acceptors (Lipinski definition) is 2. The van der Waals surface area contributed by atoms with Crippen LogP contribution in [-0.2, 0) is 6.42 Å². The Labute approximate surface area is 134 Å². The second kappa shape index (κ2) is 6.57. The van der Waals surface area contributed by atoms with Crippen molar-refractivity contribution in [1.82, 2.24) is 0 Å². The number of rotatable bonds is 4. The Balaban J connectivity index is 2.28. The van der Waals surface area contributed by atoms with Gasteiger partial charge in [-0.25, -0.2) is 0 Å². The number of hydrogen-bond donors (Lipinski definition) is 0. The summed E-state index contributed by atoms with van der Waals surface area (Å²) >= 11 is 15.7. The van der Waals surface area contributed by atoms with Gasteiger partial charge in [-0.05, 0) is 30.2 Å². The number of para-hydroxylation sites is 1. The fourth-order valence-corrected chi connectivity index (χ4v) is 3.11. The van der Waals surface area contributed by atoms with Crippen LogP contribution in [0, 0.1) is 10.1 Å². The van der Waals surface area contributed by atoms with Gasteiger partial charge in [0.25, 0.3) is 5.69 Å². The van der Waals surface area contributed by atoms with E-state index in [4.69, 9.17) is 23.2 Å². The predicted octanol–water partition coefficient (Wildman–Crippen LogP) is 5.53. The lowest BCUT2D eigenvalue weighted by molar-refractivity contribution is -0.385. The second-order valence-corrected chi connectivity index (χ2v) is 6.14. The Bertz CT molecular complexity index is 629. The van der Waals surface area contributed by atoms with Crippen LogP contribution >= 0.6 is 39.1 Å². The summed E-state index contributed by atoms with van der Waals surface area (Å²) in [5.74, 6) is 0. The predicted molar refractivity (Wildman–Crippen MR) is 84.5 cm³/mol. The summed E-state index contributed by atoms with van der Waals surface area (Å²) in [5.41, 5.74) is 1.51. The zero-order valence-electron chi connectivity index (χ0n) is 10.2. The molecule has 0 N–H and O–H groups in total. The zero-order valence-corrected chi connectivity index (χ0v) is 13.3. The van der Waals surface area contributed by atoms with Crippen LogP contribution in [0.2, 0.25) is 5.02 Å². The highest BCUT2D eigenvalue weighted by molar-refractivity contribution is 9.10. The minimum Gasteiger partial charge on any atom is -0.258 e. The van der Waals surface area contributed by atoms with Crippen molar-refractivity contribution in [2.75, 3.05) is 0 Å². The highest BCUT2D eigenvalue weighted by atomic mass is 79.9. The van der Waals surface area contributed by atoms with E-state index in [2.05, 4.69) is 15.9 Å². The van der Waals surface area contributed by atoms with Gasteiger partial charge >= 0.3 is 0 Å². The summed E-state index contributed by atoms with van der Waals surface area (Å²) in [6, 6.07) is 12.0. The summed E-state index contributed by atoms with van der Waals surface area (Å²) in [6.07, 6.45) is 0.367. The molecule has 20 heavy (non-hydrogen) atoms. The summed E-state index contributed by atoms with van der Waals surface area (Å²) in [6.45, 7) is 0. The molecule has 2 aromatic rings. The van der Waals surface area contributed by atoms with Gasteiger partial charge in [-0.3, -0.25) is 10.1 Å². The van der Waals surface area contributed by atoms with Gasteiger partial charge in [0.2, 0.25) is 0 Å². The SMILES string of the molecule is O=[N+]([O-])c1ccccc1CC(Cl)c1cc(Cl)cc(Br)c1. The number of alkyl halides is 1. The van der Waals surface area contributed by atoms with Gasteiger partial charge in [0.05, 0.1) is 10.3 Å². The molecular weight excluding hydrogens is 365 g/mol. The lowest BCUT2D eigenvalue weighted by atomic mass is 10.0. The minimum atomic E-state index is -0.396. The lowest BCUT2D eigenvalue weighted by Gasteiger charge is -2.11. The van der Waals surface area contributed by atoms with Crippen LogP contribution in [0.3, 0.4) is 0 Å². The van der Waals surface area contributed by atoms with Crippen molar-refractivity contribution < 1.29 is 4.92 Å². The first-order valence-electron chi connectivity index (χ1n) is 5.79. The van der Waals surface area contributed by atoms with E-state index in [1.807, 2.05) is 6.07 Å². The second-order valence-electron chi connectivity index (χ2n) is 4.26. The van der Waals surface area contributed by atoms with Crippen molar-refractivity contribution in [3.63, 3.8) is 0 Å². The molecular formula is C14H10BrCl2NO2. The molecule has 0 aliphatic heterocycles. The van der Waals surface area contributed by atoms with Crippen LogP contribution in [0.4, 0.5) is 5.69 Å². The van der Waals surface area contributed by atoms with Gasteiger partial charge in [0.1, 0.15) is 0 Å². The minimum absolute atomic E-state index is 0.0826. The molecule has 0 aromatic heterocycles. The molecule has 6 heteroatoms. The molecule has 0 amide bonds. The van der Waals surface area contributed by atoms with E-state index in [1.54, 1.807) is 30.3 Å². The van der Waals surface area contributed by atoms with E-state index in [-0.39, 0.29) is 11.1 Å². The fourth-order valence-electron chi connectivity index (χ4n) is 1.93. The summed E-state index contributed by atoms with van der Waals surface area (Å²) in [5, 5.41) is 11.2. The zero-order chi connectivity index (χ0) is 14.7. The van der Waals surface area contributed by atoms with Crippen molar-refractivity contribution >= 4 is 44.8 Å². The molecule has 2 aromatic carbocycles. The first-order valence-corrected chi connectivity index (χ1v) is 7.40. The molecule has 0 aliphatic carbocycles. The van der Waals surface area contributed by atoms with Gasteiger partial charge in [-0.2, -0.15) is 0 Å². The molecule has 0 saturated heterocycles. The molecule has 0 saturated carbocycles. The van der Waals surface area contributed by atoms with E-state index in [1.165, 1.54) is 6.07 Å². The first kappa shape index (κ1) is 15.3. The van der Waals surface area contributed by atoms with Crippen LogP contribution in [0.1, 0.15) is 16.5 Å². The lowest BCUT2D eigenvalue weighted by Crippen LogP contribution is -2.00. The monoisotopic (exact) mass is 373 g/mol. The molecule has 3 nitrogen and oxygen atoms in total. The number of nitro groups is 1. The van der Waals surface area contributed by atoms with Crippen molar-refractivity contribution in [2.24, 2.45) is 0 Å². The summed E-state index contributed by atoms with van der Waals surface area (Å²) < 4.78 is 0.827. The van der Waals surface area contributed by atoms with Crippen LogP contribution in [0.5, 0.6) is 0 Å². The molecule has 1 atom stereocenters. The van der Waals surface area contributed by atoms with Crippen LogP contribution in [-0.4, -0.2) is 4.92 Å². The number of nitrogens with zero attached hydrogens (tertiary/aromatic N) is 1. The van der Waals surface area contributed by atoms with Crippen molar-refractivity contribution in [2.45, 2.75) is 11.8 Å². The molecule has 0 radical (unpaired) electrons. The maximum absolute atomic E-state index is 11.0. The molecule has 0 aliphatic rings. The van der Waals surface area contributed by atoms with Gasteiger partial charge < -0.3 is 0 Å². The first-order chi connectivity index (χ1) is 9.47. The highest BCUT2D eigenvalue weighted by Crippen LogP contribution is 2.32. The van der Waals surface area contributed by atoms with E-state index < -0.39 is 4.92 Å².